The van der Waals surface area contributed by atoms with Gasteiger partial charge in [0, 0.05) is 6.07 Å². The highest BCUT2D eigenvalue weighted by atomic mass is 16.5. The van der Waals surface area contributed by atoms with Crippen molar-refractivity contribution >= 4 is 17.0 Å². The van der Waals surface area contributed by atoms with Crippen molar-refractivity contribution in [3.8, 4) is 22.9 Å². The normalized spacial score (nSPS) is 10.8. The summed E-state index contributed by atoms with van der Waals surface area (Å²) >= 11 is 0. The van der Waals surface area contributed by atoms with Crippen LogP contribution in [0.3, 0.4) is 0 Å². The Morgan fingerprint density at radius 3 is 2.64 bits per heavy atom. The van der Waals surface area contributed by atoms with Gasteiger partial charge >= 0.3 is 5.97 Å². The summed E-state index contributed by atoms with van der Waals surface area (Å²) in [5.74, 6) is 0.706. The van der Waals surface area contributed by atoms with Crippen LogP contribution in [0.1, 0.15) is 15.9 Å². The largest absolute Gasteiger partial charge is 0.507 e. The van der Waals surface area contributed by atoms with Gasteiger partial charge in [0.05, 0.1) is 29.3 Å². The number of imidazole rings is 1. The SMILES string of the molecule is COC(=O)c1ccc2nc(-c3ccc(OCc4ccccc4)cc3O)[nH]c2c1. The molecule has 0 bridgehead atoms. The summed E-state index contributed by atoms with van der Waals surface area (Å²) in [6.07, 6.45) is 0. The van der Waals surface area contributed by atoms with E-state index in [1.807, 2.05) is 30.3 Å². The Balaban J connectivity index is 1.57. The number of hydrogen-bond acceptors (Lipinski definition) is 5. The minimum atomic E-state index is -0.416. The minimum Gasteiger partial charge on any atom is -0.507 e. The monoisotopic (exact) mass is 374 g/mol. The lowest BCUT2D eigenvalue weighted by Crippen LogP contribution is -2.00. The summed E-state index contributed by atoms with van der Waals surface area (Å²) < 4.78 is 10.5. The minimum absolute atomic E-state index is 0.0535. The topological polar surface area (TPSA) is 84.4 Å². The van der Waals surface area contributed by atoms with E-state index >= 15 is 0 Å². The van der Waals surface area contributed by atoms with Gasteiger partial charge in [-0.3, -0.25) is 0 Å². The Hall–Kier alpha value is -3.80. The zero-order valence-electron chi connectivity index (χ0n) is 15.2. The number of nitrogens with one attached hydrogen (secondary N) is 1. The van der Waals surface area contributed by atoms with Crippen LogP contribution in [0.15, 0.2) is 66.7 Å². The fourth-order valence-corrected chi connectivity index (χ4v) is 2.92. The molecule has 140 valence electrons. The van der Waals surface area contributed by atoms with E-state index in [1.165, 1.54) is 7.11 Å². The van der Waals surface area contributed by atoms with Crippen molar-refractivity contribution < 1.29 is 19.4 Å². The van der Waals surface area contributed by atoms with Crippen LogP contribution in [0.2, 0.25) is 0 Å². The molecule has 1 heterocycles. The predicted molar refractivity (Wildman–Crippen MR) is 105 cm³/mol. The number of phenolic OH excluding ortho intramolecular Hbond substituents is 1. The maximum Gasteiger partial charge on any atom is 0.337 e. The van der Waals surface area contributed by atoms with E-state index < -0.39 is 5.97 Å². The van der Waals surface area contributed by atoms with Crippen molar-refractivity contribution in [1.82, 2.24) is 9.97 Å². The van der Waals surface area contributed by atoms with Crippen LogP contribution >= 0.6 is 0 Å². The molecule has 0 aliphatic carbocycles. The van der Waals surface area contributed by atoms with Gasteiger partial charge in [-0.05, 0) is 35.9 Å². The standard InChI is InChI=1S/C22H18N2O4/c1-27-22(26)15-7-10-18-19(11-15)24-21(23-18)17-9-8-16(12-20(17)25)28-13-14-5-3-2-4-6-14/h2-12,25H,13H2,1H3,(H,23,24). The third kappa shape index (κ3) is 3.53. The van der Waals surface area contributed by atoms with E-state index in [0.717, 1.165) is 5.56 Å². The van der Waals surface area contributed by atoms with Gasteiger partial charge in [0.25, 0.3) is 0 Å². The first-order valence-corrected chi connectivity index (χ1v) is 8.72. The number of H-pyrrole nitrogens is 1. The van der Waals surface area contributed by atoms with Crippen LogP contribution in [0, 0.1) is 0 Å². The van der Waals surface area contributed by atoms with Crippen molar-refractivity contribution in [1.29, 1.82) is 0 Å². The zero-order chi connectivity index (χ0) is 19.5. The molecule has 0 unspecified atom stereocenters. The number of phenols is 1. The van der Waals surface area contributed by atoms with Crippen LogP contribution in [0.5, 0.6) is 11.5 Å². The number of carbonyl (C=O) groups excluding carboxylic acids is 1. The second kappa shape index (κ2) is 7.44. The van der Waals surface area contributed by atoms with Gasteiger partial charge in [-0.2, -0.15) is 0 Å². The van der Waals surface area contributed by atoms with Gasteiger partial charge in [0.1, 0.15) is 23.9 Å². The summed E-state index contributed by atoms with van der Waals surface area (Å²) in [4.78, 5) is 19.3. The number of rotatable bonds is 5. The number of methoxy groups -OCH3 is 1. The Morgan fingerprint density at radius 1 is 1.07 bits per heavy atom. The average molecular weight is 374 g/mol. The van der Waals surface area contributed by atoms with Crippen molar-refractivity contribution in [3.63, 3.8) is 0 Å². The molecule has 0 aliphatic rings. The first-order valence-electron chi connectivity index (χ1n) is 8.72. The average Bonchev–Trinajstić information content (AvgIpc) is 3.15. The van der Waals surface area contributed by atoms with E-state index in [9.17, 15) is 9.90 Å². The van der Waals surface area contributed by atoms with Crippen LogP contribution in [-0.4, -0.2) is 28.2 Å². The Bertz CT molecular complexity index is 1140. The van der Waals surface area contributed by atoms with E-state index in [0.29, 0.717) is 40.3 Å². The fourth-order valence-electron chi connectivity index (χ4n) is 2.92. The van der Waals surface area contributed by atoms with E-state index in [4.69, 9.17) is 9.47 Å². The van der Waals surface area contributed by atoms with Crippen molar-refractivity contribution in [2.45, 2.75) is 6.61 Å². The number of fused-ring (bicyclic) bond motifs is 1. The molecular formula is C22H18N2O4. The highest BCUT2D eigenvalue weighted by Gasteiger charge is 2.13. The molecule has 3 aromatic carbocycles. The molecule has 0 spiro atoms. The number of ether oxygens (including phenoxy) is 2. The molecule has 4 aromatic rings. The lowest BCUT2D eigenvalue weighted by molar-refractivity contribution is 0.0601. The second-order valence-corrected chi connectivity index (χ2v) is 6.26. The lowest BCUT2D eigenvalue weighted by atomic mass is 10.2. The van der Waals surface area contributed by atoms with Crippen LogP contribution in [0.4, 0.5) is 0 Å². The molecule has 0 atom stereocenters. The number of nitrogens with zero attached hydrogens (tertiary/aromatic N) is 1. The van der Waals surface area contributed by atoms with Crippen molar-refractivity contribution in [3.05, 3.63) is 77.9 Å². The maximum atomic E-state index is 11.7. The summed E-state index contributed by atoms with van der Waals surface area (Å²) in [7, 11) is 1.34. The predicted octanol–water partition coefficient (Wildman–Crippen LogP) is 4.30. The highest BCUT2D eigenvalue weighted by molar-refractivity contribution is 5.94. The van der Waals surface area contributed by atoms with Crippen LogP contribution in [-0.2, 0) is 11.3 Å². The molecule has 0 saturated heterocycles. The molecule has 6 heteroatoms. The number of aromatic nitrogens is 2. The summed E-state index contributed by atoms with van der Waals surface area (Å²) in [5, 5.41) is 10.4. The van der Waals surface area contributed by atoms with E-state index in [-0.39, 0.29) is 5.75 Å². The molecule has 0 fully saturated rings. The Kier molecular flexibility index (Phi) is 4.68. The molecule has 0 radical (unpaired) electrons. The van der Waals surface area contributed by atoms with Crippen molar-refractivity contribution in [2.24, 2.45) is 0 Å². The van der Waals surface area contributed by atoms with E-state index in [1.54, 1.807) is 36.4 Å². The summed E-state index contributed by atoms with van der Waals surface area (Å²) in [5.41, 5.74) is 3.39. The van der Waals surface area contributed by atoms with Crippen molar-refractivity contribution in [2.75, 3.05) is 7.11 Å². The molecule has 6 nitrogen and oxygen atoms in total. The molecule has 28 heavy (non-hydrogen) atoms. The Morgan fingerprint density at radius 2 is 1.89 bits per heavy atom. The molecule has 4 rings (SSSR count). The number of aromatic hydroxyl groups is 1. The zero-order valence-corrected chi connectivity index (χ0v) is 15.2. The summed E-state index contributed by atoms with van der Waals surface area (Å²) in [6, 6.07) is 20.0. The highest BCUT2D eigenvalue weighted by Crippen LogP contribution is 2.32. The number of aromatic amines is 1. The molecule has 0 amide bonds. The number of benzene rings is 3. The lowest BCUT2D eigenvalue weighted by Gasteiger charge is -2.08. The van der Waals surface area contributed by atoms with Gasteiger partial charge in [-0.25, -0.2) is 9.78 Å². The molecular weight excluding hydrogens is 356 g/mol. The van der Waals surface area contributed by atoms with Crippen LogP contribution < -0.4 is 4.74 Å². The first-order chi connectivity index (χ1) is 13.6. The van der Waals surface area contributed by atoms with Gasteiger partial charge in [0.15, 0.2) is 0 Å². The quantitative estimate of drug-likeness (QED) is 0.509. The number of carbonyl (C=O) groups is 1. The fraction of sp³-hybridized carbons (Fsp3) is 0.0909. The molecule has 0 aliphatic heterocycles. The number of esters is 1. The van der Waals surface area contributed by atoms with Gasteiger partial charge in [-0.15, -0.1) is 0 Å². The van der Waals surface area contributed by atoms with Gasteiger partial charge in [0.2, 0.25) is 0 Å². The van der Waals surface area contributed by atoms with E-state index in [2.05, 4.69) is 9.97 Å². The molecule has 1 aromatic heterocycles. The van der Waals surface area contributed by atoms with Gasteiger partial charge in [-0.1, -0.05) is 30.3 Å². The van der Waals surface area contributed by atoms with Crippen LogP contribution in [0.25, 0.3) is 22.4 Å². The maximum absolute atomic E-state index is 11.7. The Labute approximate surface area is 161 Å². The molecule has 0 saturated carbocycles. The third-order valence-electron chi connectivity index (χ3n) is 4.38. The second-order valence-electron chi connectivity index (χ2n) is 6.26. The third-order valence-corrected chi connectivity index (χ3v) is 4.38. The summed E-state index contributed by atoms with van der Waals surface area (Å²) in [6.45, 7) is 0.417. The smallest absolute Gasteiger partial charge is 0.337 e. The van der Waals surface area contributed by atoms with Gasteiger partial charge < -0.3 is 19.6 Å². The molecule has 2 N–H and O–H groups in total. The first kappa shape index (κ1) is 17.6. The number of hydrogen-bond donors (Lipinski definition) is 2.